The van der Waals surface area contributed by atoms with Crippen molar-refractivity contribution in [1.82, 2.24) is 0 Å². The van der Waals surface area contributed by atoms with Gasteiger partial charge < -0.3 is 9.47 Å². The highest BCUT2D eigenvalue weighted by Gasteiger charge is 2.16. The summed E-state index contributed by atoms with van der Waals surface area (Å²) in [6.45, 7) is 1.57. The fourth-order valence-electron chi connectivity index (χ4n) is 1.08. The van der Waals surface area contributed by atoms with Crippen LogP contribution in [0.5, 0.6) is 5.75 Å². The van der Waals surface area contributed by atoms with Crippen molar-refractivity contribution in [2.45, 2.75) is 6.92 Å². The van der Waals surface area contributed by atoms with Crippen LogP contribution < -0.4 is 4.74 Å². The smallest absolute Gasteiger partial charge is 0.461 e. The van der Waals surface area contributed by atoms with Crippen LogP contribution in [-0.4, -0.2) is 24.4 Å². The summed E-state index contributed by atoms with van der Waals surface area (Å²) >= 11 is 17.2. The number of benzene rings is 1. The van der Waals surface area contributed by atoms with Gasteiger partial charge in [0.2, 0.25) is 0 Å². The first kappa shape index (κ1) is 18.0. The van der Waals surface area contributed by atoms with Gasteiger partial charge in [-0.1, -0.05) is 40.0 Å². The molecule has 0 aliphatic heterocycles. The van der Waals surface area contributed by atoms with Gasteiger partial charge in [-0.2, -0.15) is 5.26 Å². The molecule has 1 aromatic carbocycles. The quantitative estimate of drug-likeness (QED) is 0.202. The molecular weight excluding hydrogens is 358 g/mol. The lowest BCUT2D eigenvalue weighted by Crippen LogP contribution is -2.17. The summed E-state index contributed by atoms with van der Waals surface area (Å²) in [6.07, 6.45) is -1.34. The topological polar surface area (TPSA) is 98.0 Å². The third-order valence-electron chi connectivity index (χ3n) is 1.95. The van der Waals surface area contributed by atoms with E-state index >= 15 is 0 Å². The summed E-state index contributed by atoms with van der Waals surface area (Å²) in [5.41, 5.74) is -0.751. The van der Waals surface area contributed by atoms with Crippen LogP contribution in [0.25, 0.3) is 0 Å². The Morgan fingerprint density at radius 1 is 1.23 bits per heavy atom. The van der Waals surface area contributed by atoms with Gasteiger partial charge in [0.15, 0.2) is 5.75 Å². The summed E-state index contributed by atoms with van der Waals surface area (Å²) in [5, 5.41) is 12.0. The lowest BCUT2D eigenvalue weighted by atomic mass is 10.3. The van der Waals surface area contributed by atoms with Crippen LogP contribution in [0.4, 0.5) is 4.79 Å². The van der Waals surface area contributed by atoms with Gasteiger partial charge in [0.05, 0.1) is 21.7 Å². The van der Waals surface area contributed by atoms with Gasteiger partial charge >= 0.3 is 12.1 Å². The Kier molecular flexibility index (Phi) is 6.92. The Bertz CT molecular complexity index is 669. The summed E-state index contributed by atoms with van der Waals surface area (Å²) in [4.78, 5) is 26.9. The Hall–Kier alpha value is -2.01. The number of ether oxygens (including phenoxy) is 2. The zero-order valence-corrected chi connectivity index (χ0v) is 13.2. The molecule has 0 saturated heterocycles. The summed E-state index contributed by atoms with van der Waals surface area (Å²) in [6, 6.07) is 3.86. The number of hydrogen-bond acceptors (Lipinski definition) is 7. The molecule has 0 atom stereocenters. The lowest BCUT2D eigenvalue weighted by Gasteiger charge is -2.05. The Labute approximate surface area is 139 Å². The molecule has 1 rings (SSSR count). The van der Waals surface area contributed by atoms with Crippen LogP contribution in [0.15, 0.2) is 17.3 Å². The Morgan fingerprint density at radius 3 is 2.45 bits per heavy atom. The van der Waals surface area contributed by atoms with Crippen molar-refractivity contribution >= 4 is 52.6 Å². The molecule has 0 aromatic heterocycles. The number of nitriles is 1. The minimum Gasteiger partial charge on any atom is -0.461 e. The van der Waals surface area contributed by atoms with Gasteiger partial charge in [-0.15, -0.1) is 0 Å². The van der Waals surface area contributed by atoms with Gasteiger partial charge in [0, 0.05) is 6.07 Å². The van der Waals surface area contributed by atoms with Crippen LogP contribution >= 0.6 is 34.8 Å². The van der Waals surface area contributed by atoms with Crippen molar-refractivity contribution in [2.24, 2.45) is 5.16 Å². The van der Waals surface area contributed by atoms with Crippen molar-refractivity contribution in [2.75, 3.05) is 6.61 Å². The molecule has 0 saturated carbocycles. The predicted octanol–water partition coefficient (Wildman–Crippen LogP) is 3.60. The van der Waals surface area contributed by atoms with E-state index in [0.29, 0.717) is 0 Å². The lowest BCUT2D eigenvalue weighted by molar-refractivity contribution is -0.135. The zero-order chi connectivity index (χ0) is 16.7. The average molecular weight is 366 g/mol. The molecule has 0 fully saturated rings. The van der Waals surface area contributed by atoms with E-state index in [4.69, 9.17) is 44.8 Å². The van der Waals surface area contributed by atoms with E-state index < -0.39 is 17.8 Å². The molecule has 22 heavy (non-hydrogen) atoms. The third-order valence-corrected chi connectivity index (χ3v) is 2.97. The Balaban J connectivity index is 2.77. The maximum atomic E-state index is 11.4. The fraction of sp³-hybridized carbons (Fsp3) is 0.167. The van der Waals surface area contributed by atoms with Crippen LogP contribution in [-0.2, 0) is 14.4 Å². The highest BCUT2D eigenvalue weighted by atomic mass is 35.5. The summed E-state index contributed by atoms with van der Waals surface area (Å²) in [7, 11) is 0. The van der Waals surface area contributed by atoms with E-state index in [0.717, 1.165) is 0 Å². The van der Waals surface area contributed by atoms with E-state index in [-0.39, 0.29) is 27.4 Å². The van der Waals surface area contributed by atoms with E-state index in [2.05, 4.69) is 14.7 Å². The van der Waals surface area contributed by atoms with Gasteiger partial charge in [0.1, 0.15) is 6.07 Å². The number of carbonyl (C=O) groups excluding carboxylic acids is 2. The first-order chi connectivity index (χ1) is 10.4. The highest BCUT2D eigenvalue weighted by Crippen LogP contribution is 2.33. The van der Waals surface area contributed by atoms with E-state index in [9.17, 15) is 9.59 Å². The zero-order valence-electron chi connectivity index (χ0n) is 10.9. The van der Waals surface area contributed by atoms with Crippen LogP contribution in [0.1, 0.15) is 6.92 Å². The SMILES string of the molecule is CCOC(=O)/C(C#N)=N\OC(=O)Oc1cc(Cl)c(Cl)cc1Cl. The second-order valence-electron chi connectivity index (χ2n) is 3.41. The number of esters is 1. The predicted molar refractivity (Wildman–Crippen MR) is 78.3 cm³/mol. The van der Waals surface area contributed by atoms with Crippen molar-refractivity contribution in [1.29, 1.82) is 5.26 Å². The molecular formula is C12H7Cl3N2O5. The second kappa shape index (κ2) is 8.44. The maximum absolute atomic E-state index is 11.4. The number of hydrogen-bond donors (Lipinski definition) is 0. The van der Waals surface area contributed by atoms with Gasteiger partial charge in [-0.05, 0) is 13.0 Å². The molecule has 0 amide bonds. The van der Waals surface area contributed by atoms with Crippen molar-refractivity contribution < 1.29 is 23.9 Å². The molecule has 0 heterocycles. The first-order valence-electron chi connectivity index (χ1n) is 5.57. The molecule has 10 heteroatoms. The average Bonchev–Trinajstić information content (AvgIpc) is 2.45. The molecule has 0 aliphatic carbocycles. The molecule has 0 spiro atoms. The second-order valence-corrected chi connectivity index (χ2v) is 4.63. The van der Waals surface area contributed by atoms with E-state index in [1.165, 1.54) is 25.1 Å². The largest absolute Gasteiger partial charge is 0.540 e. The molecule has 0 N–H and O–H groups in total. The highest BCUT2D eigenvalue weighted by molar-refractivity contribution is 6.43. The van der Waals surface area contributed by atoms with E-state index in [1.807, 2.05) is 0 Å². The molecule has 116 valence electrons. The third kappa shape index (κ3) is 5.07. The standard InChI is InChI=1S/C12H7Cl3N2O5/c1-2-20-11(18)9(5-16)17-22-12(19)21-10-4-7(14)6(13)3-8(10)15/h3-4H,2H2,1H3/b17-9-. The number of rotatable bonds is 4. The van der Waals surface area contributed by atoms with Gasteiger partial charge in [-0.3, -0.25) is 4.84 Å². The molecule has 7 nitrogen and oxygen atoms in total. The first-order valence-corrected chi connectivity index (χ1v) is 6.71. The van der Waals surface area contributed by atoms with Crippen molar-refractivity contribution in [3.05, 3.63) is 27.2 Å². The summed E-state index contributed by atoms with van der Waals surface area (Å²) in [5.74, 6) is -1.17. The number of nitrogens with zero attached hydrogens (tertiary/aromatic N) is 2. The summed E-state index contributed by atoms with van der Waals surface area (Å²) < 4.78 is 9.23. The van der Waals surface area contributed by atoms with Gasteiger partial charge in [0.25, 0.3) is 5.71 Å². The van der Waals surface area contributed by atoms with Crippen LogP contribution in [0.3, 0.4) is 0 Å². The maximum Gasteiger partial charge on any atom is 0.540 e. The number of oxime groups is 1. The van der Waals surface area contributed by atoms with E-state index in [1.54, 1.807) is 0 Å². The minimum atomic E-state index is -1.34. The van der Waals surface area contributed by atoms with Crippen LogP contribution in [0.2, 0.25) is 15.1 Å². The van der Waals surface area contributed by atoms with Crippen molar-refractivity contribution in [3.63, 3.8) is 0 Å². The number of halogens is 3. The van der Waals surface area contributed by atoms with Crippen molar-refractivity contribution in [3.8, 4) is 11.8 Å². The van der Waals surface area contributed by atoms with Gasteiger partial charge in [-0.25, -0.2) is 9.59 Å². The fourth-order valence-corrected chi connectivity index (χ4v) is 1.65. The van der Waals surface area contributed by atoms with Crippen LogP contribution in [0, 0.1) is 11.3 Å². The molecule has 0 radical (unpaired) electrons. The molecule has 0 bridgehead atoms. The number of carbonyl (C=O) groups is 2. The Morgan fingerprint density at radius 2 is 1.86 bits per heavy atom. The molecule has 0 unspecified atom stereocenters. The normalized spacial score (nSPS) is 10.6. The molecule has 1 aromatic rings. The minimum absolute atomic E-state index is 0.00114. The monoisotopic (exact) mass is 364 g/mol. The molecule has 0 aliphatic rings.